The Bertz CT molecular complexity index is 1550. The summed E-state index contributed by atoms with van der Waals surface area (Å²) in [7, 11) is 0. The number of carbonyl (C=O) groups is 2. The number of nitrogens with one attached hydrogen (secondary N) is 1. The van der Waals surface area contributed by atoms with Crippen LogP contribution in [0.15, 0.2) is 78.9 Å². The third-order valence-electron chi connectivity index (χ3n) is 6.93. The normalized spacial score (nSPS) is 17.1. The zero-order chi connectivity index (χ0) is 28.6. The molecule has 0 aliphatic carbocycles. The number of para-hydroxylation sites is 1. The summed E-state index contributed by atoms with van der Waals surface area (Å²) in [6, 6.07) is 17.7. The molecule has 206 valence electrons. The van der Waals surface area contributed by atoms with E-state index in [-0.39, 0.29) is 5.56 Å². The lowest BCUT2D eigenvalue weighted by Gasteiger charge is -2.39. The maximum Gasteiger partial charge on any atom is 0.416 e. The Hall–Kier alpha value is -4.47. The zero-order valence-corrected chi connectivity index (χ0v) is 21.7. The minimum Gasteiger partial charge on any atom is -0.339 e. The second-order valence-corrected chi connectivity index (χ2v) is 9.62. The van der Waals surface area contributed by atoms with E-state index in [9.17, 15) is 27.2 Å². The summed E-state index contributed by atoms with van der Waals surface area (Å²) < 4.78 is 55.6. The van der Waals surface area contributed by atoms with Crippen molar-refractivity contribution >= 4 is 17.6 Å². The molecule has 2 atom stereocenters. The van der Waals surface area contributed by atoms with E-state index < -0.39 is 41.3 Å². The number of hydrogen-bond donors (Lipinski definition) is 1. The van der Waals surface area contributed by atoms with Crippen molar-refractivity contribution in [2.24, 2.45) is 0 Å². The highest BCUT2D eigenvalue weighted by molar-refractivity contribution is 6.05. The van der Waals surface area contributed by atoms with Gasteiger partial charge in [0.25, 0.3) is 11.8 Å². The van der Waals surface area contributed by atoms with E-state index in [2.05, 4.69) is 5.32 Å². The van der Waals surface area contributed by atoms with Crippen LogP contribution in [0.1, 0.15) is 52.0 Å². The molecule has 1 aromatic heterocycles. The van der Waals surface area contributed by atoms with Crippen molar-refractivity contribution in [3.05, 3.63) is 113 Å². The molecule has 6 nitrogen and oxygen atoms in total. The molecule has 1 N–H and O–H groups in total. The van der Waals surface area contributed by atoms with Gasteiger partial charge in [0.15, 0.2) is 0 Å². The summed E-state index contributed by atoms with van der Waals surface area (Å²) in [5.74, 6) is -1.98. The van der Waals surface area contributed by atoms with Crippen molar-refractivity contribution in [3.63, 3.8) is 0 Å². The van der Waals surface area contributed by atoms with Crippen LogP contribution in [0, 0.1) is 12.7 Å². The monoisotopic (exact) mass is 550 g/mol. The predicted molar refractivity (Wildman–Crippen MR) is 142 cm³/mol. The van der Waals surface area contributed by atoms with Crippen molar-refractivity contribution in [1.29, 1.82) is 0 Å². The standard InChI is InChI=1S/C30H26F4N4O2/c1-3-16-37-28-24(18(2)36-38(28)23-10-5-4-6-11-23)25(19-12-14-22(31)15-13-19)26(29(37)40)35-27(39)20-8-7-9-21(17-20)30(32,33)34/h4-15,17,25-26H,3,16H2,1-2H3,(H,35,39)/t25-,26+/m0/s1. The topological polar surface area (TPSA) is 67.2 Å². The highest BCUT2D eigenvalue weighted by Gasteiger charge is 2.45. The summed E-state index contributed by atoms with van der Waals surface area (Å²) in [6.45, 7) is 4.02. The van der Waals surface area contributed by atoms with Crippen LogP contribution in [0.2, 0.25) is 0 Å². The largest absolute Gasteiger partial charge is 0.416 e. The van der Waals surface area contributed by atoms with E-state index in [4.69, 9.17) is 5.10 Å². The Labute approximate surface area is 228 Å². The molecule has 0 radical (unpaired) electrons. The van der Waals surface area contributed by atoms with Crippen LogP contribution >= 0.6 is 0 Å². The number of aryl methyl sites for hydroxylation is 1. The quantitative estimate of drug-likeness (QED) is 0.299. The van der Waals surface area contributed by atoms with Crippen LogP contribution in [0.4, 0.5) is 23.4 Å². The molecule has 2 heterocycles. The van der Waals surface area contributed by atoms with Crippen LogP contribution in [-0.2, 0) is 11.0 Å². The number of alkyl halides is 3. The number of rotatable bonds is 6. The molecular formula is C30H26F4N4O2. The molecule has 2 amide bonds. The molecule has 0 spiro atoms. The van der Waals surface area contributed by atoms with E-state index in [1.807, 2.05) is 37.3 Å². The predicted octanol–water partition coefficient (Wildman–Crippen LogP) is 6.03. The fourth-order valence-corrected chi connectivity index (χ4v) is 5.16. The van der Waals surface area contributed by atoms with E-state index >= 15 is 0 Å². The Morgan fingerprint density at radius 1 is 1.00 bits per heavy atom. The van der Waals surface area contributed by atoms with Crippen molar-refractivity contribution in [1.82, 2.24) is 15.1 Å². The first-order chi connectivity index (χ1) is 19.1. The molecule has 1 aliphatic heterocycles. The van der Waals surface area contributed by atoms with Gasteiger partial charge in [0.1, 0.15) is 17.7 Å². The van der Waals surface area contributed by atoms with Crippen LogP contribution in [0.25, 0.3) is 5.69 Å². The number of carbonyl (C=O) groups excluding carboxylic acids is 2. The van der Waals surface area contributed by atoms with Gasteiger partial charge in [-0.3, -0.25) is 14.5 Å². The lowest BCUT2D eigenvalue weighted by atomic mass is 9.81. The molecule has 0 bridgehead atoms. The maximum atomic E-state index is 14.1. The number of amides is 2. The molecule has 5 rings (SSSR count). The van der Waals surface area contributed by atoms with Gasteiger partial charge >= 0.3 is 6.18 Å². The number of anilines is 1. The fourth-order valence-electron chi connectivity index (χ4n) is 5.16. The lowest BCUT2D eigenvalue weighted by molar-refractivity contribution is -0.137. The molecule has 40 heavy (non-hydrogen) atoms. The highest BCUT2D eigenvalue weighted by Crippen LogP contribution is 2.43. The fraction of sp³-hybridized carbons (Fsp3) is 0.233. The highest BCUT2D eigenvalue weighted by atomic mass is 19.4. The van der Waals surface area contributed by atoms with Gasteiger partial charge in [-0.25, -0.2) is 9.07 Å². The molecule has 0 fully saturated rings. The number of nitrogens with zero attached hydrogens (tertiary/aromatic N) is 3. The van der Waals surface area contributed by atoms with Gasteiger partial charge in [-0.05, 0) is 61.4 Å². The minimum atomic E-state index is -4.64. The molecular weight excluding hydrogens is 524 g/mol. The lowest BCUT2D eigenvalue weighted by Crippen LogP contribution is -2.55. The summed E-state index contributed by atoms with van der Waals surface area (Å²) >= 11 is 0. The number of aromatic nitrogens is 2. The van der Waals surface area contributed by atoms with Gasteiger partial charge < -0.3 is 5.32 Å². The Balaban J connectivity index is 1.66. The third kappa shape index (κ3) is 4.97. The van der Waals surface area contributed by atoms with E-state index in [0.717, 1.165) is 23.9 Å². The zero-order valence-electron chi connectivity index (χ0n) is 21.7. The summed E-state index contributed by atoms with van der Waals surface area (Å²) in [6.07, 6.45) is -4.04. The Kier molecular flexibility index (Phi) is 7.18. The van der Waals surface area contributed by atoms with Crippen LogP contribution in [0.5, 0.6) is 0 Å². The average Bonchev–Trinajstić information content (AvgIpc) is 3.28. The Morgan fingerprint density at radius 3 is 2.35 bits per heavy atom. The van der Waals surface area contributed by atoms with Crippen molar-refractivity contribution in [2.45, 2.75) is 38.4 Å². The van der Waals surface area contributed by atoms with E-state index in [1.54, 1.807) is 16.5 Å². The van der Waals surface area contributed by atoms with Crippen LogP contribution < -0.4 is 10.2 Å². The van der Waals surface area contributed by atoms with Gasteiger partial charge in [-0.2, -0.15) is 18.3 Å². The van der Waals surface area contributed by atoms with E-state index in [1.165, 1.54) is 30.3 Å². The van der Waals surface area contributed by atoms with Gasteiger partial charge in [0.05, 0.1) is 16.9 Å². The van der Waals surface area contributed by atoms with Gasteiger partial charge in [-0.15, -0.1) is 0 Å². The van der Waals surface area contributed by atoms with Crippen molar-refractivity contribution in [3.8, 4) is 5.69 Å². The molecule has 1 aliphatic rings. The van der Waals surface area contributed by atoms with Crippen molar-refractivity contribution < 1.29 is 27.2 Å². The molecule has 0 saturated carbocycles. The third-order valence-corrected chi connectivity index (χ3v) is 6.93. The van der Waals surface area contributed by atoms with Crippen LogP contribution in [-0.4, -0.2) is 34.2 Å². The molecule has 3 aromatic carbocycles. The first-order valence-corrected chi connectivity index (χ1v) is 12.8. The van der Waals surface area contributed by atoms with Crippen molar-refractivity contribution in [2.75, 3.05) is 11.4 Å². The minimum absolute atomic E-state index is 0.231. The number of fused-ring (bicyclic) bond motifs is 1. The number of benzene rings is 3. The summed E-state index contributed by atoms with van der Waals surface area (Å²) in [4.78, 5) is 29.0. The van der Waals surface area contributed by atoms with Gasteiger partial charge in [0, 0.05) is 23.6 Å². The van der Waals surface area contributed by atoms with Crippen LogP contribution in [0.3, 0.4) is 0 Å². The molecule has 10 heteroatoms. The average molecular weight is 551 g/mol. The first kappa shape index (κ1) is 27.1. The summed E-state index contributed by atoms with van der Waals surface area (Å²) in [5.41, 5.74) is 1.34. The first-order valence-electron chi connectivity index (χ1n) is 12.8. The molecule has 4 aromatic rings. The van der Waals surface area contributed by atoms with E-state index in [0.29, 0.717) is 35.6 Å². The summed E-state index contributed by atoms with van der Waals surface area (Å²) in [5, 5.41) is 7.45. The number of halogens is 4. The maximum absolute atomic E-state index is 14.1. The molecule has 0 unspecified atom stereocenters. The van der Waals surface area contributed by atoms with Gasteiger partial charge in [-0.1, -0.05) is 43.3 Å². The Morgan fingerprint density at radius 2 is 1.70 bits per heavy atom. The van der Waals surface area contributed by atoms with Gasteiger partial charge in [0.2, 0.25) is 0 Å². The SMILES string of the molecule is CCCN1C(=O)[C@H](NC(=O)c2cccc(C(F)(F)F)c2)[C@@H](c2ccc(F)cc2)c2c(C)nn(-c3ccccc3)c21. The smallest absolute Gasteiger partial charge is 0.339 e. The second kappa shape index (κ2) is 10.6. The second-order valence-electron chi connectivity index (χ2n) is 9.62. The number of hydrogen-bond acceptors (Lipinski definition) is 3. The molecule has 0 saturated heterocycles.